The molecule has 6 nitrogen and oxygen atoms in total. The molecule has 1 unspecified atom stereocenters. The van der Waals surface area contributed by atoms with Crippen molar-refractivity contribution in [2.75, 3.05) is 13.2 Å². The largest absolute Gasteiger partial charge is 0.462 e. The van der Waals surface area contributed by atoms with Gasteiger partial charge in [-0.25, -0.2) is 0 Å². The zero-order chi connectivity index (χ0) is 41.5. The van der Waals surface area contributed by atoms with Crippen LogP contribution >= 0.6 is 0 Å². The Bertz CT molecular complexity index is 1180. The summed E-state index contributed by atoms with van der Waals surface area (Å²) in [6.07, 6.45) is 58.3. The van der Waals surface area contributed by atoms with E-state index >= 15 is 0 Å². The predicted molar refractivity (Wildman–Crippen MR) is 242 cm³/mol. The maximum atomic E-state index is 12.7. The van der Waals surface area contributed by atoms with Gasteiger partial charge in [-0.1, -0.05) is 169 Å². The summed E-state index contributed by atoms with van der Waals surface area (Å²) in [5.41, 5.74) is 0. The van der Waals surface area contributed by atoms with Gasteiger partial charge in [-0.05, 0) is 96.3 Å². The van der Waals surface area contributed by atoms with Gasteiger partial charge < -0.3 is 14.2 Å². The second kappa shape index (κ2) is 45.0. The Morgan fingerprint density at radius 3 is 1.32 bits per heavy atom. The molecule has 0 saturated carbocycles. The molecule has 0 aromatic rings. The standard InChI is InChI=1S/C51H82O6/c1-4-7-10-13-16-19-21-23-24-25-26-28-29-32-35-38-41-44-50(53)56-47-48(46-55-49(52)43-40-37-34-31-18-15-12-9-6-3)57-51(54)45-42-39-36-33-30-27-22-20-17-14-11-8-5-2/h8,11,14,16-17,19-20,22-24,26,28,31-32,34-35,48H,4-7,9-10,12-13,15,18,21,25,27,29-30,33,36-47H2,1-3H3/b11-8-,17-14-,19-16-,22-20-,24-23-,28-26-,34-31-,35-32-. The molecule has 0 amide bonds. The highest BCUT2D eigenvalue weighted by molar-refractivity contribution is 5.71. The molecular formula is C51H82O6. The molecule has 0 bridgehead atoms. The highest BCUT2D eigenvalue weighted by Crippen LogP contribution is 2.11. The number of carbonyl (C=O) groups is 3. The highest BCUT2D eigenvalue weighted by Gasteiger charge is 2.19. The number of esters is 3. The summed E-state index contributed by atoms with van der Waals surface area (Å²) in [5, 5.41) is 0. The summed E-state index contributed by atoms with van der Waals surface area (Å²) in [4.78, 5) is 37.7. The van der Waals surface area contributed by atoms with Crippen molar-refractivity contribution in [3.63, 3.8) is 0 Å². The lowest BCUT2D eigenvalue weighted by Crippen LogP contribution is -2.30. The lowest BCUT2D eigenvalue weighted by Gasteiger charge is -2.18. The van der Waals surface area contributed by atoms with Gasteiger partial charge in [-0.2, -0.15) is 0 Å². The summed E-state index contributed by atoms with van der Waals surface area (Å²) >= 11 is 0. The van der Waals surface area contributed by atoms with Gasteiger partial charge in [0.25, 0.3) is 0 Å². The molecule has 6 heteroatoms. The summed E-state index contributed by atoms with van der Waals surface area (Å²) in [6.45, 7) is 6.32. The normalized spacial score (nSPS) is 13.0. The number of unbranched alkanes of at least 4 members (excludes halogenated alkanes) is 14. The molecule has 322 valence electrons. The molecular weight excluding hydrogens is 709 g/mol. The number of hydrogen-bond acceptors (Lipinski definition) is 6. The van der Waals surface area contributed by atoms with Crippen LogP contribution in [0.4, 0.5) is 0 Å². The third kappa shape index (κ3) is 43.3. The van der Waals surface area contributed by atoms with Gasteiger partial charge in [0.1, 0.15) is 13.2 Å². The molecule has 0 radical (unpaired) electrons. The van der Waals surface area contributed by atoms with Crippen LogP contribution in [-0.4, -0.2) is 37.2 Å². The van der Waals surface area contributed by atoms with Gasteiger partial charge in [-0.15, -0.1) is 0 Å². The Labute approximate surface area is 349 Å². The van der Waals surface area contributed by atoms with Gasteiger partial charge >= 0.3 is 17.9 Å². The van der Waals surface area contributed by atoms with Gasteiger partial charge in [0, 0.05) is 19.3 Å². The van der Waals surface area contributed by atoms with Gasteiger partial charge in [0.2, 0.25) is 0 Å². The fourth-order valence-corrected chi connectivity index (χ4v) is 5.67. The van der Waals surface area contributed by atoms with Crippen LogP contribution in [-0.2, 0) is 28.6 Å². The van der Waals surface area contributed by atoms with Crippen LogP contribution in [0, 0.1) is 0 Å². The molecule has 1 atom stereocenters. The van der Waals surface area contributed by atoms with Crippen molar-refractivity contribution in [3.8, 4) is 0 Å². The lowest BCUT2D eigenvalue weighted by molar-refractivity contribution is -0.167. The Hall–Kier alpha value is -3.67. The van der Waals surface area contributed by atoms with Crippen molar-refractivity contribution in [1.29, 1.82) is 0 Å². The first kappa shape index (κ1) is 53.3. The Morgan fingerprint density at radius 1 is 0.386 bits per heavy atom. The first-order chi connectivity index (χ1) is 28.0. The summed E-state index contributed by atoms with van der Waals surface area (Å²) in [7, 11) is 0. The van der Waals surface area contributed by atoms with E-state index in [0.29, 0.717) is 19.3 Å². The topological polar surface area (TPSA) is 78.9 Å². The third-order valence-electron chi connectivity index (χ3n) is 9.10. The van der Waals surface area contributed by atoms with Crippen molar-refractivity contribution in [2.45, 2.75) is 194 Å². The minimum absolute atomic E-state index is 0.120. The van der Waals surface area contributed by atoms with Crippen molar-refractivity contribution in [3.05, 3.63) is 97.2 Å². The fourth-order valence-electron chi connectivity index (χ4n) is 5.67. The van der Waals surface area contributed by atoms with Crippen molar-refractivity contribution in [1.82, 2.24) is 0 Å². The average molecular weight is 791 g/mol. The van der Waals surface area contributed by atoms with E-state index in [9.17, 15) is 14.4 Å². The molecule has 0 aromatic carbocycles. The molecule has 0 aromatic heterocycles. The van der Waals surface area contributed by atoms with E-state index in [1.165, 1.54) is 51.4 Å². The average Bonchev–Trinajstić information content (AvgIpc) is 3.21. The molecule has 0 fully saturated rings. The first-order valence-electron chi connectivity index (χ1n) is 22.8. The van der Waals surface area contributed by atoms with Crippen LogP contribution in [0.2, 0.25) is 0 Å². The zero-order valence-electron chi connectivity index (χ0n) is 36.6. The lowest BCUT2D eigenvalue weighted by atomic mass is 10.1. The number of allylic oxidation sites excluding steroid dienone is 16. The van der Waals surface area contributed by atoms with Crippen molar-refractivity contribution < 1.29 is 28.6 Å². The number of hydrogen-bond donors (Lipinski definition) is 0. The Kier molecular flexibility index (Phi) is 42.1. The van der Waals surface area contributed by atoms with E-state index in [1.807, 2.05) is 6.08 Å². The molecule has 0 spiro atoms. The quantitative estimate of drug-likeness (QED) is 0.0203. The van der Waals surface area contributed by atoms with Crippen LogP contribution in [0.3, 0.4) is 0 Å². The van der Waals surface area contributed by atoms with Crippen molar-refractivity contribution in [2.24, 2.45) is 0 Å². The molecule has 0 aliphatic rings. The van der Waals surface area contributed by atoms with Crippen LogP contribution in [0.5, 0.6) is 0 Å². The summed E-state index contributed by atoms with van der Waals surface area (Å²) in [6, 6.07) is 0. The van der Waals surface area contributed by atoms with Crippen LogP contribution in [0.1, 0.15) is 188 Å². The summed E-state index contributed by atoms with van der Waals surface area (Å²) in [5.74, 6) is -1.04. The van der Waals surface area contributed by atoms with E-state index in [0.717, 1.165) is 83.5 Å². The van der Waals surface area contributed by atoms with E-state index in [1.54, 1.807) is 0 Å². The SMILES string of the molecule is CC\C=C/C=C\C=C/CCCCCCCC(=O)OC(COC(=O)CCC/C=C\C/C=C\C/C=C\C/C=C\CCCCC)COC(=O)CCC/C=C\CCCCCC. The molecule has 0 saturated heterocycles. The number of rotatable bonds is 39. The third-order valence-corrected chi connectivity index (χ3v) is 9.10. The van der Waals surface area contributed by atoms with Gasteiger partial charge in [-0.3, -0.25) is 14.4 Å². The van der Waals surface area contributed by atoms with Crippen LogP contribution in [0.25, 0.3) is 0 Å². The smallest absolute Gasteiger partial charge is 0.306 e. The monoisotopic (exact) mass is 791 g/mol. The molecule has 0 rings (SSSR count). The number of ether oxygens (including phenoxy) is 3. The molecule has 0 aliphatic carbocycles. The van der Waals surface area contributed by atoms with Gasteiger partial charge in [0.15, 0.2) is 6.10 Å². The van der Waals surface area contributed by atoms with Crippen molar-refractivity contribution >= 4 is 17.9 Å². The predicted octanol–water partition coefficient (Wildman–Crippen LogP) is 14.6. The maximum Gasteiger partial charge on any atom is 0.306 e. The first-order valence-corrected chi connectivity index (χ1v) is 22.8. The molecule has 0 N–H and O–H groups in total. The van der Waals surface area contributed by atoms with E-state index in [4.69, 9.17) is 14.2 Å². The summed E-state index contributed by atoms with van der Waals surface area (Å²) < 4.78 is 16.6. The van der Waals surface area contributed by atoms with Crippen LogP contribution < -0.4 is 0 Å². The second-order valence-electron chi connectivity index (χ2n) is 14.6. The number of carbonyl (C=O) groups excluding carboxylic acids is 3. The van der Waals surface area contributed by atoms with E-state index < -0.39 is 6.10 Å². The van der Waals surface area contributed by atoms with E-state index in [2.05, 4.69) is 112 Å². The minimum Gasteiger partial charge on any atom is -0.462 e. The highest BCUT2D eigenvalue weighted by atomic mass is 16.6. The zero-order valence-corrected chi connectivity index (χ0v) is 36.6. The Morgan fingerprint density at radius 2 is 0.772 bits per heavy atom. The minimum atomic E-state index is -0.819. The molecule has 0 heterocycles. The second-order valence-corrected chi connectivity index (χ2v) is 14.6. The van der Waals surface area contributed by atoms with Gasteiger partial charge in [0.05, 0.1) is 0 Å². The fraction of sp³-hybridized carbons (Fsp3) is 0.627. The molecule has 0 aliphatic heterocycles. The molecule has 57 heavy (non-hydrogen) atoms. The Balaban J connectivity index is 4.52. The van der Waals surface area contributed by atoms with Crippen LogP contribution in [0.15, 0.2) is 97.2 Å². The van der Waals surface area contributed by atoms with E-state index in [-0.39, 0.29) is 44.0 Å². The maximum absolute atomic E-state index is 12.7.